The first-order valence-corrected chi connectivity index (χ1v) is 12.5. The van der Waals surface area contributed by atoms with Crippen molar-refractivity contribution in [3.63, 3.8) is 0 Å². The van der Waals surface area contributed by atoms with Gasteiger partial charge in [0.15, 0.2) is 13.7 Å². The van der Waals surface area contributed by atoms with Crippen LogP contribution in [-0.4, -0.2) is 52.9 Å². The molecule has 0 saturated heterocycles. The maximum absolute atomic E-state index is 12.7. The number of carbonyl (C=O) groups excluding carboxylic acids is 2. The lowest BCUT2D eigenvalue weighted by molar-refractivity contribution is -0.119. The van der Waals surface area contributed by atoms with E-state index in [4.69, 9.17) is 18.3 Å². The number of nitrogens with zero attached hydrogens (tertiary/aromatic N) is 2. The molecule has 10 nitrogen and oxygen atoms in total. The fourth-order valence-corrected chi connectivity index (χ4v) is 4.02. The molecule has 0 aliphatic carbocycles. The van der Waals surface area contributed by atoms with Crippen molar-refractivity contribution in [1.29, 1.82) is 0 Å². The number of rotatable bonds is 11. The van der Waals surface area contributed by atoms with Crippen LogP contribution in [0.3, 0.4) is 0 Å². The minimum atomic E-state index is -2.85. The number of aliphatic hydroxyl groups is 2. The molecule has 2 amide bonds. The normalized spacial score (nSPS) is 12.8. The maximum Gasteiger partial charge on any atom is 0.254 e. The topological polar surface area (TPSA) is 159 Å². The molecule has 2 aromatic carbocycles. The number of carbonyl (C=O) groups is 2. The summed E-state index contributed by atoms with van der Waals surface area (Å²) < 4.78 is 6.26. The number of benzene rings is 2. The molecule has 0 bridgehead atoms. The van der Waals surface area contributed by atoms with Crippen molar-refractivity contribution in [3.8, 4) is 11.5 Å². The summed E-state index contributed by atoms with van der Waals surface area (Å²) in [4.78, 5) is 33.7. The van der Waals surface area contributed by atoms with E-state index in [9.17, 15) is 19.8 Å². The summed E-state index contributed by atoms with van der Waals surface area (Å²) >= 11 is 0. The zero-order valence-electron chi connectivity index (χ0n) is 22.6. The third-order valence-electron chi connectivity index (χ3n) is 5.80. The average molecular weight is 541 g/mol. The largest absolute Gasteiger partial charge is 0.456 e. The molecule has 1 unspecified atom stereocenters. The smallest absolute Gasteiger partial charge is 0.254 e. The summed E-state index contributed by atoms with van der Waals surface area (Å²) in [6.07, 6.45) is 7.01. The van der Waals surface area contributed by atoms with Gasteiger partial charge in [-0.05, 0) is 68.1 Å². The first kappa shape index (κ1) is 30.1. The Labute approximate surface area is 234 Å². The lowest BCUT2D eigenvalue weighted by Gasteiger charge is -2.19. The molecule has 0 fully saturated rings. The first-order chi connectivity index (χ1) is 18.9. The number of aryl methyl sites for hydroxylation is 2. The highest BCUT2D eigenvalue weighted by atomic mass is 16.5. The van der Waals surface area contributed by atoms with E-state index in [1.807, 2.05) is 38.2 Å². The SMILES string of the molecule is [B]C(O)(O)NC(=O)c1ccc2nccc(Oc3c(C)cc(CC(=O)N/C(C=NC(C)CC=C)=C/N)cc3C)c2c1. The van der Waals surface area contributed by atoms with Gasteiger partial charge in [-0.2, -0.15) is 0 Å². The van der Waals surface area contributed by atoms with E-state index >= 15 is 0 Å². The van der Waals surface area contributed by atoms with Crippen LogP contribution in [0.25, 0.3) is 10.9 Å². The Kier molecular flexibility index (Phi) is 9.81. The van der Waals surface area contributed by atoms with Crippen LogP contribution in [0.4, 0.5) is 0 Å². The van der Waals surface area contributed by atoms with Crippen LogP contribution >= 0.6 is 0 Å². The first-order valence-electron chi connectivity index (χ1n) is 12.5. The van der Waals surface area contributed by atoms with Gasteiger partial charge in [-0.15, -0.1) is 6.58 Å². The van der Waals surface area contributed by atoms with E-state index in [2.05, 4.69) is 21.9 Å². The lowest BCUT2D eigenvalue weighted by atomic mass is 10.0. The zero-order valence-corrected chi connectivity index (χ0v) is 22.6. The van der Waals surface area contributed by atoms with Crippen molar-refractivity contribution in [3.05, 3.63) is 89.4 Å². The van der Waals surface area contributed by atoms with Crippen molar-refractivity contribution in [2.45, 2.75) is 45.5 Å². The number of amides is 2. The molecular weight excluding hydrogens is 509 g/mol. The van der Waals surface area contributed by atoms with Crippen molar-refractivity contribution >= 4 is 36.8 Å². The summed E-state index contributed by atoms with van der Waals surface area (Å²) in [7, 11) is 5.06. The van der Waals surface area contributed by atoms with Crippen LogP contribution in [0.1, 0.15) is 40.4 Å². The van der Waals surface area contributed by atoms with Gasteiger partial charge in [0.05, 0.1) is 23.7 Å². The number of nitrogens with one attached hydrogen (secondary N) is 2. The number of hydrogen-bond donors (Lipinski definition) is 5. The van der Waals surface area contributed by atoms with Crippen molar-refractivity contribution in [2.75, 3.05) is 0 Å². The molecule has 0 aliphatic rings. The standard InChI is InChI=1S/C29H32BN5O5/c1-5-6-19(4)33-16-22(15-31)34-26(36)13-20-11-17(2)27(18(3)12-20)40-25-9-10-32-24-8-7-21(14-23(24)25)28(37)35-29(30,38)39/h5,7-12,14-16,19,38-39H,1,6,13,31H2,2-4H3,(H,34,36)(H,35,37)/b22-15+,33-16?. The van der Waals surface area contributed by atoms with E-state index in [0.717, 1.165) is 16.7 Å². The van der Waals surface area contributed by atoms with Gasteiger partial charge in [-0.3, -0.25) is 19.6 Å². The highest BCUT2D eigenvalue weighted by Crippen LogP contribution is 2.34. The maximum atomic E-state index is 12.7. The van der Waals surface area contributed by atoms with Gasteiger partial charge in [0.1, 0.15) is 11.5 Å². The van der Waals surface area contributed by atoms with E-state index in [1.54, 1.807) is 24.4 Å². The van der Waals surface area contributed by atoms with E-state index in [-0.39, 0.29) is 23.9 Å². The summed E-state index contributed by atoms with van der Waals surface area (Å²) in [5.41, 5.74) is 9.12. The Balaban J connectivity index is 1.79. The number of ether oxygens (including phenoxy) is 1. The van der Waals surface area contributed by atoms with Gasteiger partial charge < -0.3 is 31.3 Å². The predicted octanol–water partition coefficient (Wildman–Crippen LogP) is 2.63. The number of nitrogens with two attached hydrogens (primary N) is 1. The van der Waals surface area contributed by atoms with Crippen molar-refractivity contribution < 1.29 is 24.5 Å². The molecule has 2 radical (unpaired) electrons. The number of pyridine rings is 1. The predicted molar refractivity (Wildman–Crippen MR) is 155 cm³/mol. The number of aromatic nitrogens is 1. The second kappa shape index (κ2) is 13.1. The third kappa shape index (κ3) is 8.26. The lowest BCUT2D eigenvalue weighted by Crippen LogP contribution is -2.48. The summed E-state index contributed by atoms with van der Waals surface area (Å²) in [6.45, 7) is 9.37. The number of fused-ring (bicyclic) bond motifs is 1. The van der Waals surface area contributed by atoms with Crippen LogP contribution < -0.4 is 21.1 Å². The zero-order chi connectivity index (χ0) is 29.4. The Morgan fingerprint density at radius 3 is 2.55 bits per heavy atom. The summed E-state index contributed by atoms with van der Waals surface area (Å²) in [6, 6.07) is 10.0. The molecule has 206 valence electrons. The van der Waals surface area contributed by atoms with Gasteiger partial charge in [-0.1, -0.05) is 18.2 Å². The van der Waals surface area contributed by atoms with Crippen LogP contribution in [0.15, 0.2) is 72.1 Å². The monoisotopic (exact) mass is 541 g/mol. The summed E-state index contributed by atoms with van der Waals surface area (Å²) in [5.74, 6) is -2.86. The quantitative estimate of drug-likeness (QED) is 0.108. The summed E-state index contributed by atoms with van der Waals surface area (Å²) in [5, 5.41) is 23.8. The highest BCUT2D eigenvalue weighted by molar-refractivity contribution is 6.15. The molecule has 1 aromatic heterocycles. The number of allylic oxidation sites excluding steroid dienone is 1. The second-order valence-electron chi connectivity index (χ2n) is 9.38. The molecule has 0 spiro atoms. The van der Waals surface area contributed by atoms with Crippen molar-refractivity contribution in [1.82, 2.24) is 15.6 Å². The fourth-order valence-electron chi connectivity index (χ4n) is 4.02. The molecule has 1 atom stereocenters. The Bertz CT molecular complexity index is 1460. The van der Waals surface area contributed by atoms with Gasteiger partial charge in [0.2, 0.25) is 5.91 Å². The molecule has 6 N–H and O–H groups in total. The van der Waals surface area contributed by atoms with Crippen LogP contribution in [0, 0.1) is 13.8 Å². The van der Waals surface area contributed by atoms with E-state index < -0.39 is 11.7 Å². The molecule has 40 heavy (non-hydrogen) atoms. The number of hydrogen-bond acceptors (Lipinski definition) is 8. The Morgan fingerprint density at radius 1 is 1.23 bits per heavy atom. The second-order valence-corrected chi connectivity index (χ2v) is 9.38. The minimum Gasteiger partial charge on any atom is -0.456 e. The molecule has 11 heteroatoms. The molecule has 0 aliphatic heterocycles. The van der Waals surface area contributed by atoms with Crippen LogP contribution in [-0.2, 0) is 11.2 Å². The highest BCUT2D eigenvalue weighted by Gasteiger charge is 2.20. The molecular formula is C29H32BN5O5. The molecule has 3 rings (SSSR count). The Morgan fingerprint density at radius 2 is 1.93 bits per heavy atom. The minimum absolute atomic E-state index is 0.0231. The van der Waals surface area contributed by atoms with Gasteiger partial charge in [-0.25, -0.2) is 0 Å². The molecule has 3 aromatic rings. The molecule has 0 saturated carbocycles. The van der Waals surface area contributed by atoms with Crippen LogP contribution in [0.5, 0.6) is 11.5 Å². The van der Waals surface area contributed by atoms with Crippen LogP contribution in [0.2, 0.25) is 0 Å². The van der Waals surface area contributed by atoms with Gasteiger partial charge in [0.25, 0.3) is 5.91 Å². The fraction of sp³-hybridized carbons (Fsp3) is 0.241. The van der Waals surface area contributed by atoms with Gasteiger partial charge >= 0.3 is 0 Å². The Hall–Kier alpha value is -4.48. The number of aliphatic imine (C=N–C) groups is 1. The van der Waals surface area contributed by atoms with Gasteiger partial charge in [0, 0.05) is 29.6 Å². The van der Waals surface area contributed by atoms with Crippen molar-refractivity contribution in [2.24, 2.45) is 10.7 Å². The van der Waals surface area contributed by atoms with E-state index in [0.29, 0.717) is 34.5 Å². The molecule has 1 heterocycles. The third-order valence-corrected chi connectivity index (χ3v) is 5.80. The van der Waals surface area contributed by atoms with E-state index in [1.165, 1.54) is 24.5 Å². The average Bonchev–Trinajstić information content (AvgIpc) is 2.87.